The van der Waals surface area contributed by atoms with Crippen LogP contribution in [0.2, 0.25) is 38.8 Å². The van der Waals surface area contributed by atoms with Crippen LogP contribution >= 0.6 is 0 Å². The molecular weight excluding hydrogens is 390 g/mol. The van der Waals surface area contributed by atoms with Crippen molar-refractivity contribution in [1.82, 2.24) is 0 Å². The maximum absolute atomic E-state index is 8.89. The molecule has 0 radical (unpaired) electrons. The van der Waals surface area contributed by atoms with Gasteiger partial charge < -0.3 is 8.85 Å². The number of ether oxygens (including phenoxy) is 1. The second-order valence-corrected chi connectivity index (χ2v) is 18.3. The zero-order chi connectivity index (χ0) is 21.3. The number of hydrogen-bond acceptors (Lipinski definition) is 3. The van der Waals surface area contributed by atoms with Crippen LogP contribution < -0.4 is 4.74 Å². The Bertz CT molecular complexity index is 788. The van der Waals surface area contributed by atoms with E-state index in [9.17, 15) is 0 Å². The van der Waals surface area contributed by atoms with Gasteiger partial charge >= 0.3 is 0 Å². The predicted octanol–water partition coefficient (Wildman–Crippen LogP) is 7.22. The summed E-state index contributed by atoms with van der Waals surface area (Å²) in [4.78, 5) is 0. The SMILES string of the molecule is C[Si](C)(C)O[Si](C)(C)CCCCCCOc1ccc(-c2ccc(C#N)cc2)cc1. The van der Waals surface area contributed by atoms with Gasteiger partial charge in [0.1, 0.15) is 5.75 Å². The van der Waals surface area contributed by atoms with Gasteiger partial charge in [0.2, 0.25) is 0 Å². The molecule has 0 aliphatic heterocycles. The average molecular weight is 426 g/mol. The Morgan fingerprint density at radius 2 is 1.31 bits per heavy atom. The topological polar surface area (TPSA) is 42.2 Å². The molecule has 0 amide bonds. The third-order valence-corrected chi connectivity index (χ3v) is 10.9. The lowest BCUT2D eigenvalue weighted by Crippen LogP contribution is -2.42. The first-order chi connectivity index (χ1) is 13.7. The van der Waals surface area contributed by atoms with Crippen molar-refractivity contribution in [3.8, 4) is 22.9 Å². The van der Waals surface area contributed by atoms with Crippen molar-refractivity contribution in [2.75, 3.05) is 6.61 Å². The zero-order valence-electron chi connectivity index (χ0n) is 18.6. The molecule has 0 aromatic heterocycles. The maximum Gasteiger partial charge on any atom is 0.173 e. The minimum absolute atomic E-state index is 0.684. The molecular formula is C24H35NO2Si2. The second kappa shape index (κ2) is 10.8. The molecule has 0 heterocycles. The molecule has 0 unspecified atom stereocenters. The van der Waals surface area contributed by atoms with E-state index in [4.69, 9.17) is 14.1 Å². The number of nitriles is 1. The van der Waals surface area contributed by atoms with E-state index in [0.29, 0.717) is 5.56 Å². The highest BCUT2D eigenvalue weighted by atomic mass is 28.4. The van der Waals surface area contributed by atoms with Crippen molar-refractivity contribution in [2.24, 2.45) is 0 Å². The van der Waals surface area contributed by atoms with Gasteiger partial charge in [-0.15, -0.1) is 0 Å². The highest BCUT2D eigenvalue weighted by Crippen LogP contribution is 2.24. The van der Waals surface area contributed by atoms with E-state index in [1.807, 2.05) is 36.4 Å². The molecule has 0 saturated heterocycles. The van der Waals surface area contributed by atoms with Gasteiger partial charge in [0.15, 0.2) is 16.6 Å². The Morgan fingerprint density at radius 3 is 1.86 bits per heavy atom. The van der Waals surface area contributed by atoms with Gasteiger partial charge in [-0.2, -0.15) is 5.26 Å². The van der Waals surface area contributed by atoms with Crippen LogP contribution in [0.3, 0.4) is 0 Å². The first-order valence-electron chi connectivity index (χ1n) is 10.6. The fraction of sp³-hybridized carbons (Fsp3) is 0.458. The highest BCUT2D eigenvalue weighted by Gasteiger charge is 2.28. The Morgan fingerprint density at radius 1 is 0.759 bits per heavy atom. The van der Waals surface area contributed by atoms with E-state index in [1.54, 1.807) is 0 Å². The van der Waals surface area contributed by atoms with Gasteiger partial charge in [0.25, 0.3) is 0 Å². The molecule has 0 aliphatic rings. The quantitative estimate of drug-likeness (QED) is 0.282. The predicted molar refractivity (Wildman–Crippen MR) is 127 cm³/mol. The molecule has 0 saturated carbocycles. The molecule has 2 aromatic rings. The van der Waals surface area contributed by atoms with Crippen LogP contribution in [-0.2, 0) is 4.12 Å². The Hall–Kier alpha value is -1.88. The summed E-state index contributed by atoms with van der Waals surface area (Å²) in [5, 5.41) is 8.89. The third-order valence-electron chi connectivity index (χ3n) is 4.73. The zero-order valence-corrected chi connectivity index (χ0v) is 20.6. The van der Waals surface area contributed by atoms with Crippen molar-refractivity contribution >= 4 is 16.6 Å². The molecule has 0 fully saturated rings. The fourth-order valence-electron chi connectivity index (χ4n) is 3.56. The molecule has 29 heavy (non-hydrogen) atoms. The van der Waals surface area contributed by atoms with E-state index in [-0.39, 0.29) is 0 Å². The van der Waals surface area contributed by atoms with Crippen LogP contribution in [0.15, 0.2) is 48.5 Å². The lowest BCUT2D eigenvalue weighted by atomic mass is 10.0. The molecule has 0 atom stereocenters. The number of nitrogens with zero attached hydrogens (tertiary/aromatic N) is 1. The van der Waals surface area contributed by atoms with Gasteiger partial charge in [-0.3, -0.25) is 0 Å². The van der Waals surface area contributed by atoms with Gasteiger partial charge in [-0.1, -0.05) is 43.5 Å². The van der Waals surface area contributed by atoms with E-state index in [1.165, 1.54) is 25.3 Å². The van der Waals surface area contributed by atoms with Crippen molar-refractivity contribution in [3.63, 3.8) is 0 Å². The first-order valence-corrected chi connectivity index (χ1v) is 17.1. The summed E-state index contributed by atoms with van der Waals surface area (Å²) in [6, 6.07) is 19.3. The first kappa shape index (κ1) is 23.4. The maximum atomic E-state index is 8.89. The van der Waals surface area contributed by atoms with Gasteiger partial charge in [-0.25, -0.2) is 0 Å². The molecule has 2 rings (SSSR count). The summed E-state index contributed by atoms with van der Waals surface area (Å²) in [5.74, 6) is 0.916. The second-order valence-electron chi connectivity index (χ2n) is 9.20. The summed E-state index contributed by atoms with van der Waals surface area (Å²) in [6.45, 7) is 12.3. The minimum atomic E-state index is -1.48. The summed E-state index contributed by atoms with van der Waals surface area (Å²) < 4.78 is 12.3. The van der Waals surface area contributed by atoms with Crippen LogP contribution in [-0.4, -0.2) is 23.2 Å². The van der Waals surface area contributed by atoms with Crippen molar-refractivity contribution < 1.29 is 8.85 Å². The number of benzene rings is 2. The smallest absolute Gasteiger partial charge is 0.173 e. The van der Waals surface area contributed by atoms with Crippen LogP contribution in [0.5, 0.6) is 5.75 Å². The number of hydrogen-bond donors (Lipinski definition) is 0. The lowest BCUT2D eigenvalue weighted by Gasteiger charge is -2.31. The number of rotatable bonds is 11. The van der Waals surface area contributed by atoms with Crippen LogP contribution in [0.25, 0.3) is 11.1 Å². The Labute approximate surface area is 178 Å². The molecule has 5 heteroatoms. The normalized spacial score (nSPS) is 11.9. The van der Waals surface area contributed by atoms with E-state index in [0.717, 1.165) is 29.9 Å². The van der Waals surface area contributed by atoms with Crippen molar-refractivity contribution in [3.05, 3.63) is 54.1 Å². The fourth-order valence-corrected chi connectivity index (χ4v) is 11.7. The van der Waals surface area contributed by atoms with E-state index < -0.39 is 16.6 Å². The molecule has 0 aliphatic carbocycles. The monoisotopic (exact) mass is 425 g/mol. The largest absolute Gasteiger partial charge is 0.494 e. The molecule has 3 nitrogen and oxygen atoms in total. The Kier molecular flexibility index (Phi) is 8.69. The average Bonchev–Trinajstić information content (AvgIpc) is 2.66. The molecule has 0 N–H and O–H groups in total. The van der Waals surface area contributed by atoms with Crippen molar-refractivity contribution in [1.29, 1.82) is 5.26 Å². The number of unbranched alkanes of at least 4 members (excludes halogenated alkanes) is 3. The highest BCUT2D eigenvalue weighted by molar-refractivity contribution is 6.84. The standard InChI is InChI=1S/C24H35NO2Si2/c1-28(2,3)27-29(4,5)19-9-7-6-8-18-26-24-16-14-23(15-17-24)22-12-10-21(20-25)11-13-22/h10-17H,6-9,18-19H2,1-5H3. The summed E-state index contributed by atoms with van der Waals surface area (Å²) in [5.41, 5.74) is 2.93. The van der Waals surface area contributed by atoms with E-state index in [2.05, 4.69) is 50.9 Å². The van der Waals surface area contributed by atoms with E-state index >= 15 is 0 Å². The minimum Gasteiger partial charge on any atom is -0.494 e. The molecule has 2 aromatic carbocycles. The van der Waals surface area contributed by atoms with Gasteiger partial charge in [0.05, 0.1) is 18.2 Å². The summed E-state index contributed by atoms with van der Waals surface area (Å²) in [7, 11) is -2.90. The van der Waals surface area contributed by atoms with Gasteiger partial charge in [0, 0.05) is 0 Å². The van der Waals surface area contributed by atoms with Crippen LogP contribution in [0.1, 0.15) is 31.2 Å². The van der Waals surface area contributed by atoms with Crippen molar-refractivity contribution in [2.45, 2.75) is 64.5 Å². The van der Waals surface area contributed by atoms with Crippen LogP contribution in [0.4, 0.5) is 0 Å². The summed E-state index contributed by atoms with van der Waals surface area (Å²) in [6.07, 6.45) is 4.82. The summed E-state index contributed by atoms with van der Waals surface area (Å²) >= 11 is 0. The lowest BCUT2D eigenvalue weighted by molar-refractivity contribution is 0.305. The third kappa shape index (κ3) is 8.99. The Balaban J connectivity index is 1.65. The molecule has 0 spiro atoms. The molecule has 156 valence electrons. The van der Waals surface area contributed by atoms with Gasteiger partial charge in [-0.05, 0) is 80.6 Å². The van der Waals surface area contributed by atoms with Crippen LogP contribution in [0, 0.1) is 11.3 Å². The molecule has 0 bridgehead atoms.